The Hall–Kier alpha value is -0.850. The third-order valence-corrected chi connectivity index (χ3v) is 3.47. The fourth-order valence-electron chi connectivity index (χ4n) is 1.41. The summed E-state index contributed by atoms with van der Waals surface area (Å²) in [6.45, 7) is 2.76. The van der Waals surface area contributed by atoms with E-state index in [-0.39, 0.29) is 12.6 Å². The zero-order valence-corrected chi connectivity index (χ0v) is 12.3. The summed E-state index contributed by atoms with van der Waals surface area (Å²) in [6.07, 6.45) is 3.85. The minimum absolute atomic E-state index is 0.0715. The first kappa shape index (κ1) is 15.2. The zero-order chi connectivity index (χ0) is 13.5. The molecule has 0 aliphatic heterocycles. The smallest absolute Gasteiger partial charge is 0.322 e. The van der Waals surface area contributed by atoms with Gasteiger partial charge in [0.2, 0.25) is 0 Å². The van der Waals surface area contributed by atoms with Gasteiger partial charge in [-0.3, -0.25) is 4.98 Å². The van der Waals surface area contributed by atoms with Crippen LogP contribution in [-0.4, -0.2) is 40.7 Å². The van der Waals surface area contributed by atoms with Crippen LogP contribution in [0.25, 0.3) is 0 Å². The summed E-state index contributed by atoms with van der Waals surface area (Å²) in [6, 6.07) is -0.298. The zero-order valence-electron chi connectivity index (χ0n) is 9.99. The first-order chi connectivity index (χ1) is 8.60. The van der Waals surface area contributed by atoms with Crippen molar-refractivity contribution in [3.8, 4) is 0 Å². The standard InChI is InChI=1S/C11H15BrClN3O2/c1-2-3-16(4-5-17)11(18)15-9-7-14-6-8(12)10(9)13/h6-7,17H,2-5H2,1H3,(H,15,18). The van der Waals surface area contributed by atoms with E-state index in [0.717, 1.165) is 6.42 Å². The number of aliphatic hydroxyl groups is 1. The lowest BCUT2D eigenvalue weighted by molar-refractivity contribution is 0.188. The molecule has 1 aromatic heterocycles. The maximum Gasteiger partial charge on any atom is 0.322 e. The van der Waals surface area contributed by atoms with Crippen LogP contribution in [0.5, 0.6) is 0 Å². The molecule has 0 spiro atoms. The molecule has 5 nitrogen and oxygen atoms in total. The van der Waals surface area contributed by atoms with Gasteiger partial charge >= 0.3 is 6.03 Å². The number of rotatable bonds is 5. The first-order valence-corrected chi connectivity index (χ1v) is 6.73. The normalized spacial score (nSPS) is 10.2. The summed E-state index contributed by atoms with van der Waals surface area (Å²) in [5, 5.41) is 12.0. The number of amides is 2. The van der Waals surface area contributed by atoms with Gasteiger partial charge in [-0.25, -0.2) is 4.79 Å². The molecule has 2 N–H and O–H groups in total. The second-order valence-electron chi connectivity index (χ2n) is 3.62. The predicted octanol–water partition coefficient (Wildman–Crippen LogP) is 2.73. The van der Waals surface area contributed by atoms with Crippen LogP contribution in [0.2, 0.25) is 5.02 Å². The highest BCUT2D eigenvalue weighted by atomic mass is 79.9. The molecule has 18 heavy (non-hydrogen) atoms. The van der Waals surface area contributed by atoms with Crippen molar-refractivity contribution in [3.05, 3.63) is 21.9 Å². The topological polar surface area (TPSA) is 65.5 Å². The summed E-state index contributed by atoms with van der Waals surface area (Å²) in [4.78, 5) is 17.4. The molecule has 1 aromatic rings. The van der Waals surface area contributed by atoms with E-state index >= 15 is 0 Å². The first-order valence-electron chi connectivity index (χ1n) is 5.56. The van der Waals surface area contributed by atoms with Crippen molar-refractivity contribution in [2.75, 3.05) is 25.0 Å². The average molecular weight is 337 g/mol. The molecule has 0 bridgehead atoms. The average Bonchev–Trinajstić information content (AvgIpc) is 2.34. The van der Waals surface area contributed by atoms with E-state index in [1.165, 1.54) is 11.1 Å². The number of carbonyl (C=O) groups excluding carboxylic acids is 1. The Morgan fingerprint density at radius 2 is 2.28 bits per heavy atom. The maximum absolute atomic E-state index is 12.0. The fourth-order valence-corrected chi connectivity index (χ4v) is 1.88. The molecule has 0 saturated carbocycles. The molecule has 0 aliphatic carbocycles. The number of nitrogens with zero attached hydrogens (tertiary/aromatic N) is 2. The Morgan fingerprint density at radius 1 is 1.56 bits per heavy atom. The van der Waals surface area contributed by atoms with Gasteiger partial charge in [0.05, 0.1) is 28.0 Å². The van der Waals surface area contributed by atoms with Crippen LogP contribution < -0.4 is 5.32 Å². The molecule has 0 radical (unpaired) electrons. The molecule has 0 unspecified atom stereocenters. The summed E-state index contributed by atoms with van der Waals surface area (Å²) in [5.74, 6) is 0. The van der Waals surface area contributed by atoms with Gasteiger partial charge in [0.1, 0.15) is 0 Å². The second-order valence-corrected chi connectivity index (χ2v) is 4.86. The van der Waals surface area contributed by atoms with E-state index in [0.29, 0.717) is 28.3 Å². The number of halogens is 2. The van der Waals surface area contributed by atoms with Crippen molar-refractivity contribution in [1.29, 1.82) is 0 Å². The highest BCUT2D eigenvalue weighted by Gasteiger charge is 2.14. The van der Waals surface area contributed by atoms with E-state index in [4.69, 9.17) is 16.7 Å². The molecule has 0 aromatic carbocycles. The van der Waals surface area contributed by atoms with E-state index < -0.39 is 0 Å². The van der Waals surface area contributed by atoms with Crippen molar-refractivity contribution in [2.45, 2.75) is 13.3 Å². The largest absolute Gasteiger partial charge is 0.395 e. The monoisotopic (exact) mass is 335 g/mol. The molecule has 1 heterocycles. The number of aliphatic hydroxyl groups excluding tert-OH is 1. The van der Waals surface area contributed by atoms with Crippen LogP contribution >= 0.6 is 27.5 Å². The molecule has 0 atom stereocenters. The van der Waals surface area contributed by atoms with Gasteiger partial charge in [-0.1, -0.05) is 18.5 Å². The lowest BCUT2D eigenvalue weighted by Crippen LogP contribution is -2.37. The highest BCUT2D eigenvalue weighted by molar-refractivity contribution is 9.10. The van der Waals surface area contributed by atoms with Crippen molar-refractivity contribution < 1.29 is 9.90 Å². The fraction of sp³-hybridized carbons (Fsp3) is 0.455. The summed E-state index contributed by atoms with van der Waals surface area (Å²) in [5.41, 5.74) is 0.440. The van der Waals surface area contributed by atoms with Gasteiger partial charge in [0.15, 0.2) is 0 Å². The third kappa shape index (κ3) is 4.12. The minimum Gasteiger partial charge on any atom is -0.395 e. The number of carbonyl (C=O) groups is 1. The van der Waals surface area contributed by atoms with Crippen LogP contribution in [-0.2, 0) is 0 Å². The van der Waals surface area contributed by atoms with E-state index in [1.54, 1.807) is 6.20 Å². The van der Waals surface area contributed by atoms with Gasteiger partial charge < -0.3 is 15.3 Å². The van der Waals surface area contributed by atoms with Crippen LogP contribution in [0, 0.1) is 0 Å². The Labute approximate surface area is 119 Å². The van der Waals surface area contributed by atoms with Crippen molar-refractivity contribution in [3.63, 3.8) is 0 Å². The molecule has 7 heteroatoms. The van der Waals surface area contributed by atoms with Crippen LogP contribution in [0.3, 0.4) is 0 Å². The summed E-state index contributed by atoms with van der Waals surface area (Å²) in [7, 11) is 0. The number of aromatic nitrogens is 1. The number of hydrogen-bond donors (Lipinski definition) is 2. The van der Waals surface area contributed by atoms with Gasteiger partial charge in [-0.2, -0.15) is 0 Å². The second kappa shape index (κ2) is 7.56. The number of nitrogens with one attached hydrogen (secondary N) is 1. The molecule has 2 amide bonds. The number of hydrogen-bond acceptors (Lipinski definition) is 3. The minimum atomic E-state index is -0.298. The van der Waals surface area contributed by atoms with Gasteiger partial charge in [-0.15, -0.1) is 0 Å². The summed E-state index contributed by atoms with van der Waals surface area (Å²) < 4.78 is 0.617. The molecule has 1 rings (SSSR count). The van der Waals surface area contributed by atoms with Gasteiger partial charge in [0, 0.05) is 19.3 Å². The Balaban J connectivity index is 2.75. The summed E-state index contributed by atoms with van der Waals surface area (Å²) >= 11 is 9.26. The van der Waals surface area contributed by atoms with E-state index in [1.807, 2.05) is 6.92 Å². The lowest BCUT2D eigenvalue weighted by Gasteiger charge is -2.21. The molecule has 0 fully saturated rings. The van der Waals surface area contributed by atoms with Crippen molar-refractivity contribution in [2.24, 2.45) is 0 Å². The highest BCUT2D eigenvalue weighted by Crippen LogP contribution is 2.28. The van der Waals surface area contributed by atoms with E-state index in [9.17, 15) is 4.79 Å². The van der Waals surface area contributed by atoms with Crippen molar-refractivity contribution in [1.82, 2.24) is 9.88 Å². The Bertz CT molecular complexity index is 411. The van der Waals surface area contributed by atoms with Gasteiger partial charge in [-0.05, 0) is 22.4 Å². The molecule has 0 saturated heterocycles. The van der Waals surface area contributed by atoms with Crippen LogP contribution in [0.15, 0.2) is 16.9 Å². The quantitative estimate of drug-likeness (QED) is 0.869. The predicted molar refractivity (Wildman–Crippen MR) is 74.9 cm³/mol. The van der Waals surface area contributed by atoms with Gasteiger partial charge in [0.25, 0.3) is 0 Å². The van der Waals surface area contributed by atoms with Crippen LogP contribution in [0.4, 0.5) is 10.5 Å². The molecular formula is C11H15BrClN3O2. The lowest BCUT2D eigenvalue weighted by atomic mass is 10.4. The number of anilines is 1. The van der Waals surface area contributed by atoms with Crippen molar-refractivity contribution >= 4 is 39.2 Å². The maximum atomic E-state index is 12.0. The Morgan fingerprint density at radius 3 is 2.89 bits per heavy atom. The molecule has 0 aliphatic rings. The van der Waals surface area contributed by atoms with Crippen LogP contribution in [0.1, 0.15) is 13.3 Å². The van der Waals surface area contributed by atoms with E-state index in [2.05, 4.69) is 26.2 Å². The Kier molecular flexibility index (Phi) is 6.38. The SMILES string of the molecule is CCCN(CCO)C(=O)Nc1cncc(Br)c1Cl. The number of pyridine rings is 1. The third-order valence-electron chi connectivity index (χ3n) is 2.23. The number of urea groups is 1. The molecular weight excluding hydrogens is 321 g/mol. The molecule has 100 valence electrons.